The van der Waals surface area contributed by atoms with Crippen molar-refractivity contribution < 1.29 is 9.90 Å². The van der Waals surface area contributed by atoms with Crippen molar-refractivity contribution >= 4 is 27.6 Å². The molecule has 2 N–H and O–H groups in total. The fourth-order valence-corrected chi connectivity index (χ4v) is 2.52. The van der Waals surface area contributed by atoms with Gasteiger partial charge in [0.15, 0.2) is 0 Å². The van der Waals surface area contributed by atoms with Gasteiger partial charge < -0.3 is 10.4 Å². The number of hydrogen-bond donors (Lipinski definition) is 2. The second-order valence-corrected chi connectivity index (χ2v) is 5.67. The summed E-state index contributed by atoms with van der Waals surface area (Å²) in [5, 5.41) is 12.4. The molecular weight excluding hydrogens is 318 g/mol. The van der Waals surface area contributed by atoms with E-state index < -0.39 is 5.97 Å². The molecule has 104 valence electrons. The van der Waals surface area contributed by atoms with Crippen LogP contribution in [0.2, 0.25) is 0 Å². The first-order chi connectivity index (χ1) is 9.47. The summed E-state index contributed by atoms with van der Waals surface area (Å²) in [7, 11) is 0. The number of carboxylic acids is 1. The van der Waals surface area contributed by atoms with Crippen LogP contribution in [0.3, 0.4) is 0 Å². The number of benzene rings is 2. The van der Waals surface area contributed by atoms with Gasteiger partial charge in [-0.15, -0.1) is 0 Å². The molecule has 0 fully saturated rings. The molecule has 0 spiro atoms. The summed E-state index contributed by atoms with van der Waals surface area (Å²) in [5.41, 5.74) is 3.17. The molecule has 0 aliphatic carbocycles. The molecule has 0 bridgehead atoms. The van der Waals surface area contributed by atoms with Gasteiger partial charge in [-0.25, -0.2) is 4.79 Å². The van der Waals surface area contributed by atoms with Gasteiger partial charge in [-0.1, -0.05) is 28.1 Å². The van der Waals surface area contributed by atoms with Crippen LogP contribution in [-0.2, 0) is 0 Å². The van der Waals surface area contributed by atoms with Gasteiger partial charge in [-0.05, 0) is 55.3 Å². The van der Waals surface area contributed by atoms with Crippen LogP contribution in [0.4, 0.5) is 5.69 Å². The standard InChI is InChI=1S/C16H16BrNO2/c1-10-8-14(6-7-15(10)16(19)20)18-11(2)12-4-3-5-13(17)9-12/h3-9,11,18H,1-2H3,(H,19,20). The Morgan fingerprint density at radius 3 is 2.60 bits per heavy atom. The Labute approximate surface area is 126 Å². The molecule has 0 aliphatic rings. The van der Waals surface area contributed by atoms with Crippen molar-refractivity contribution in [2.45, 2.75) is 19.9 Å². The first-order valence-corrected chi connectivity index (χ1v) is 7.12. The first-order valence-electron chi connectivity index (χ1n) is 6.33. The van der Waals surface area contributed by atoms with Crippen LogP contribution >= 0.6 is 15.9 Å². The van der Waals surface area contributed by atoms with E-state index >= 15 is 0 Å². The van der Waals surface area contributed by atoms with Gasteiger partial charge >= 0.3 is 5.97 Å². The first kappa shape index (κ1) is 14.6. The second kappa shape index (κ2) is 6.09. The van der Waals surface area contributed by atoms with Crippen molar-refractivity contribution in [2.75, 3.05) is 5.32 Å². The lowest BCUT2D eigenvalue weighted by atomic mass is 10.1. The highest BCUT2D eigenvalue weighted by Crippen LogP contribution is 2.23. The third kappa shape index (κ3) is 3.39. The topological polar surface area (TPSA) is 49.3 Å². The molecule has 1 unspecified atom stereocenters. The average molecular weight is 334 g/mol. The number of aromatic carboxylic acids is 1. The molecule has 0 aromatic heterocycles. The van der Waals surface area contributed by atoms with Crippen LogP contribution in [0.25, 0.3) is 0 Å². The monoisotopic (exact) mass is 333 g/mol. The second-order valence-electron chi connectivity index (χ2n) is 4.76. The third-order valence-corrected chi connectivity index (χ3v) is 3.68. The highest BCUT2D eigenvalue weighted by Gasteiger charge is 2.09. The molecule has 1 atom stereocenters. The van der Waals surface area contributed by atoms with Crippen molar-refractivity contribution in [3.8, 4) is 0 Å². The van der Waals surface area contributed by atoms with E-state index in [-0.39, 0.29) is 6.04 Å². The number of nitrogens with one attached hydrogen (secondary N) is 1. The van der Waals surface area contributed by atoms with E-state index in [9.17, 15) is 4.79 Å². The summed E-state index contributed by atoms with van der Waals surface area (Å²) in [4.78, 5) is 11.0. The molecule has 0 saturated heterocycles. The van der Waals surface area contributed by atoms with Crippen molar-refractivity contribution in [3.63, 3.8) is 0 Å². The largest absolute Gasteiger partial charge is 0.478 e. The van der Waals surface area contributed by atoms with E-state index in [4.69, 9.17) is 5.11 Å². The van der Waals surface area contributed by atoms with Crippen LogP contribution in [0.5, 0.6) is 0 Å². The molecular formula is C16H16BrNO2. The summed E-state index contributed by atoms with van der Waals surface area (Å²) in [6.45, 7) is 3.88. The van der Waals surface area contributed by atoms with Crippen LogP contribution in [0, 0.1) is 6.92 Å². The predicted octanol–water partition coefficient (Wildman–Crippen LogP) is 4.63. The summed E-state index contributed by atoms with van der Waals surface area (Å²) >= 11 is 3.46. The molecule has 0 radical (unpaired) electrons. The minimum absolute atomic E-state index is 0.141. The zero-order valence-electron chi connectivity index (χ0n) is 11.4. The summed E-state index contributed by atoms with van der Waals surface area (Å²) in [6.07, 6.45) is 0. The van der Waals surface area contributed by atoms with Gasteiger partial charge in [0.05, 0.1) is 5.56 Å². The highest BCUT2D eigenvalue weighted by atomic mass is 79.9. The molecule has 20 heavy (non-hydrogen) atoms. The van der Waals surface area contributed by atoms with Crippen LogP contribution in [-0.4, -0.2) is 11.1 Å². The van der Waals surface area contributed by atoms with Gasteiger partial charge in [0.2, 0.25) is 0 Å². The molecule has 2 aromatic carbocycles. The van der Waals surface area contributed by atoms with E-state index in [1.807, 2.05) is 18.2 Å². The van der Waals surface area contributed by atoms with Crippen LogP contribution in [0.15, 0.2) is 46.9 Å². The summed E-state index contributed by atoms with van der Waals surface area (Å²) in [6, 6.07) is 13.5. The smallest absolute Gasteiger partial charge is 0.335 e. The SMILES string of the molecule is Cc1cc(NC(C)c2cccc(Br)c2)ccc1C(=O)O. The van der Waals surface area contributed by atoms with Gasteiger partial charge in [0.25, 0.3) is 0 Å². The predicted molar refractivity (Wildman–Crippen MR) is 84.3 cm³/mol. The highest BCUT2D eigenvalue weighted by molar-refractivity contribution is 9.10. The van der Waals surface area contributed by atoms with E-state index in [2.05, 4.69) is 40.3 Å². The Bertz CT molecular complexity index is 640. The number of hydrogen-bond acceptors (Lipinski definition) is 2. The number of rotatable bonds is 4. The van der Waals surface area contributed by atoms with E-state index in [1.54, 1.807) is 19.1 Å². The fourth-order valence-electron chi connectivity index (χ4n) is 2.10. The molecule has 2 aromatic rings. The lowest BCUT2D eigenvalue weighted by Gasteiger charge is -2.17. The maximum absolute atomic E-state index is 11.0. The zero-order chi connectivity index (χ0) is 14.7. The van der Waals surface area contributed by atoms with Gasteiger partial charge in [0.1, 0.15) is 0 Å². The minimum Gasteiger partial charge on any atom is -0.478 e. The maximum Gasteiger partial charge on any atom is 0.335 e. The van der Waals surface area contributed by atoms with Gasteiger partial charge in [-0.3, -0.25) is 0 Å². The quantitative estimate of drug-likeness (QED) is 0.857. The maximum atomic E-state index is 11.0. The lowest BCUT2D eigenvalue weighted by molar-refractivity contribution is 0.0696. The van der Waals surface area contributed by atoms with E-state index in [0.29, 0.717) is 5.56 Å². The van der Waals surface area contributed by atoms with Crippen molar-refractivity contribution in [3.05, 3.63) is 63.6 Å². The Morgan fingerprint density at radius 1 is 1.25 bits per heavy atom. The minimum atomic E-state index is -0.894. The molecule has 0 aliphatic heterocycles. The molecule has 0 amide bonds. The van der Waals surface area contributed by atoms with Gasteiger partial charge in [0, 0.05) is 16.2 Å². The zero-order valence-corrected chi connectivity index (χ0v) is 12.9. The van der Waals surface area contributed by atoms with E-state index in [0.717, 1.165) is 15.7 Å². The number of carboxylic acid groups (broad SMARTS) is 1. The molecule has 0 saturated carbocycles. The molecule has 3 nitrogen and oxygen atoms in total. The average Bonchev–Trinajstić information content (AvgIpc) is 2.38. The Morgan fingerprint density at radius 2 is 2.00 bits per heavy atom. The van der Waals surface area contributed by atoms with Crippen LogP contribution in [0.1, 0.15) is 34.5 Å². The lowest BCUT2D eigenvalue weighted by Crippen LogP contribution is -2.07. The molecule has 4 heteroatoms. The third-order valence-electron chi connectivity index (χ3n) is 3.19. The fraction of sp³-hybridized carbons (Fsp3) is 0.188. The van der Waals surface area contributed by atoms with Crippen molar-refractivity contribution in [2.24, 2.45) is 0 Å². The Kier molecular flexibility index (Phi) is 4.45. The van der Waals surface area contributed by atoms with Crippen molar-refractivity contribution in [1.82, 2.24) is 0 Å². The van der Waals surface area contributed by atoms with Crippen LogP contribution < -0.4 is 5.32 Å². The molecule has 2 rings (SSSR count). The molecule has 0 heterocycles. The van der Waals surface area contributed by atoms with Gasteiger partial charge in [-0.2, -0.15) is 0 Å². The number of aryl methyl sites for hydroxylation is 1. The summed E-state index contributed by atoms with van der Waals surface area (Å²) in [5.74, 6) is -0.894. The normalized spacial score (nSPS) is 11.9. The Hall–Kier alpha value is -1.81. The van der Waals surface area contributed by atoms with Crippen molar-refractivity contribution in [1.29, 1.82) is 0 Å². The number of anilines is 1. The number of carbonyl (C=O) groups is 1. The Balaban J connectivity index is 2.18. The van der Waals surface area contributed by atoms with E-state index in [1.165, 1.54) is 5.56 Å². The summed E-state index contributed by atoms with van der Waals surface area (Å²) < 4.78 is 1.04. The number of halogens is 1.